The van der Waals surface area contributed by atoms with Crippen molar-refractivity contribution in [3.63, 3.8) is 0 Å². The summed E-state index contributed by atoms with van der Waals surface area (Å²) in [5.74, 6) is 0.670. The zero-order chi connectivity index (χ0) is 19.5. The van der Waals surface area contributed by atoms with Crippen molar-refractivity contribution in [3.05, 3.63) is 83.7 Å². The Kier molecular flexibility index (Phi) is 4.81. The van der Waals surface area contributed by atoms with E-state index in [0.29, 0.717) is 12.1 Å². The normalized spacial score (nSPS) is 10.8. The van der Waals surface area contributed by atoms with Gasteiger partial charge in [0.1, 0.15) is 5.82 Å². The van der Waals surface area contributed by atoms with E-state index in [9.17, 15) is 4.79 Å². The van der Waals surface area contributed by atoms with Gasteiger partial charge >= 0.3 is 0 Å². The molecule has 0 bridgehead atoms. The second kappa shape index (κ2) is 7.56. The summed E-state index contributed by atoms with van der Waals surface area (Å²) in [5, 5.41) is 7.29. The monoisotopic (exact) mass is 370 g/mol. The molecule has 140 valence electrons. The number of para-hydroxylation sites is 1. The molecule has 4 aromatic rings. The number of H-pyrrole nitrogens is 1. The standard InChI is InChI=1S/C23H22N4O/c1-15-7-9-20(16(2)11-15)27-22-10-8-18(14-25-22)26-23(28)12-17-13-24-21-6-4-3-5-19(17)21/h3-11,13-14,24H,12H2,1-2H3,(H,25,27)(H,26,28). The van der Waals surface area contributed by atoms with E-state index in [0.717, 1.165) is 33.5 Å². The molecule has 5 heteroatoms. The summed E-state index contributed by atoms with van der Waals surface area (Å²) in [4.78, 5) is 20.0. The Morgan fingerprint density at radius 3 is 2.71 bits per heavy atom. The number of carbonyl (C=O) groups excluding carboxylic acids is 1. The van der Waals surface area contributed by atoms with Crippen LogP contribution in [0.25, 0.3) is 10.9 Å². The smallest absolute Gasteiger partial charge is 0.228 e. The molecule has 0 saturated carbocycles. The Bertz CT molecular complexity index is 1130. The summed E-state index contributed by atoms with van der Waals surface area (Å²) in [7, 11) is 0. The summed E-state index contributed by atoms with van der Waals surface area (Å²) in [6.07, 6.45) is 3.87. The average Bonchev–Trinajstić information content (AvgIpc) is 3.08. The van der Waals surface area contributed by atoms with Gasteiger partial charge in [-0.25, -0.2) is 4.98 Å². The highest BCUT2D eigenvalue weighted by atomic mass is 16.1. The maximum atomic E-state index is 12.4. The quantitative estimate of drug-likeness (QED) is 0.457. The van der Waals surface area contributed by atoms with Gasteiger partial charge in [0.15, 0.2) is 0 Å². The predicted octanol–water partition coefficient (Wildman–Crippen LogP) is 5.10. The minimum atomic E-state index is -0.0679. The molecule has 4 rings (SSSR count). The van der Waals surface area contributed by atoms with Crippen LogP contribution < -0.4 is 10.6 Å². The van der Waals surface area contributed by atoms with Gasteiger partial charge in [0, 0.05) is 22.8 Å². The van der Waals surface area contributed by atoms with Crippen molar-refractivity contribution >= 4 is 34.0 Å². The molecule has 5 nitrogen and oxygen atoms in total. The van der Waals surface area contributed by atoms with Crippen molar-refractivity contribution in [1.29, 1.82) is 0 Å². The van der Waals surface area contributed by atoms with Gasteiger partial charge in [-0.05, 0) is 49.2 Å². The Hall–Kier alpha value is -3.60. The highest BCUT2D eigenvalue weighted by Gasteiger charge is 2.09. The van der Waals surface area contributed by atoms with Crippen molar-refractivity contribution < 1.29 is 4.79 Å². The van der Waals surface area contributed by atoms with Crippen LogP contribution in [0.2, 0.25) is 0 Å². The second-order valence-electron chi connectivity index (χ2n) is 6.96. The molecule has 0 aliphatic carbocycles. The van der Waals surface area contributed by atoms with E-state index in [1.807, 2.05) is 48.7 Å². The van der Waals surface area contributed by atoms with Crippen LogP contribution in [0.15, 0.2) is 67.0 Å². The molecule has 0 aliphatic heterocycles. The molecule has 3 N–H and O–H groups in total. The van der Waals surface area contributed by atoms with Crippen LogP contribution in [-0.4, -0.2) is 15.9 Å². The number of amides is 1. The largest absolute Gasteiger partial charge is 0.361 e. The van der Waals surface area contributed by atoms with E-state index in [1.165, 1.54) is 5.56 Å². The number of aromatic amines is 1. The number of fused-ring (bicyclic) bond motifs is 1. The third kappa shape index (κ3) is 3.88. The summed E-state index contributed by atoms with van der Waals surface area (Å²) < 4.78 is 0. The minimum Gasteiger partial charge on any atom is -0.361 e. The Labute approximate surface area is 163 Å². The number of aromatic nitrogens is 2. The first-order valence-corrected chi connectivity index (χ1v) is 9.24. The molecule has 28 heavy (non-hydrogen) atoms. The van der Waals surface area contributed by atoms with Crippen molar-refractivity contribution in [2.45, 2.75) is 20.3 Å². The van der Waals surface area contributed by atoms with Crippen LogP contribution in [0.1, 0.15) is 16.7 Å². The number of carbonyl (C=O) groups is 1. The highest BCUT2D eigenvalue weighted by Crippen LogP contribution is 2.22. The van der Waals surface area contributed by atoms with Gasteiger partial charge in [0.25, 0.3) is 0 Å². The third-order valence-corrected chi connectivity index (χ3v) is 4.72. The fourth-order valence-corrected chi connectivity index (χ4v) is 3.29. The van der Waals surface area contributed by atoms with Crippen LogP contribution in [0.5, 0.6) is 0 Å². The lowest BCUT2D eigenvalue weighted by molar-refractivity contribution is -0.115. The molecule has 2 aromatic heterocycles. The predicted molar refractivity (Wildman–Crippen MR) is 114 cm³/mol. The first-order chi connectivity index (χ1) is 13.6. The number of aryl methyl sites for hydroxylation is 2. The van der Waals surface area contributed by atoms with Gasteiger partial charge in [0.05, 0.1) is 18.3 Å². The topological polar surface area (TPSA) is 69.8 Å². The molecule has 0 aliphatic rings. The fraction of sp³-hybridized carbons (Fsp3) is 0.130. The number of hydrogen-bond acceptors (Lipinski definition) is 3. The second-order valence-corrected chi connectivity index (χ2v) is 6.96. The summed E-state index contributed by atoms with van der Waals surface area (Å²) in [6, 6.07) is 17.9. The van der Waals surface area contributed by atoms with E-state index in [1.54, 1.807) is 6.20 Å². The number of nitrogens with one attached hydrogen (secondary N) is 3. The van der Waals surface area contributed by atoms with Gasteiger partial charge < -0.3 is 15.6 Å². The molecule has 2 aromatic carbocycles. The SMILES string of the molecule is Cc1ccc(Nc2ccc(NC(=O)Cc3c[nH]c4ccccc34)cn2)c(C)c1. The molecule has 0 saturated heterocycles. The van der Waals surface area contributed by atoms with Crippen LogP contribution in [-0.2, 0) is 11.2 Å². The minimum absolute atomic E-state index is 0.0679. The molecule has 0 unspecified atom stereocenters. The van der Waals surface area contributed by atoms with Crippen molar-refractivity contribution in [1.82, 2.24) is 9.97 Å². The van der Waals surface area contributed by atoms with E-state index in [4.69, 9.17) is 0 Å². The summed E-state index contributed by atoms with van der Waals surface area (Å²) >= 11 is 0. The van der Waals surface area contributed by atoms with Crippen LogP contribution in [0, 0.1) is 13.8 Å². The van der Waals surface area contributed by atoms with Gasteiger partial charge in [-0.2, -0.15) is 0 Å². The maximum absolute atomic E-state index is 12.4. The number of benzene rings is 2. The Balaban J connectivity index is 1.40. The average molecular weight is 370 g/mol. The van der Waals surface area contributed by atoms with Crippen molar-refractivity contribution in [2.24, 2.45) is 0 Å². The number of hydrogen-bond donors (Lipinski definition) is 3. The molecular weight excluding hydrogens is 348 g/mol. The first kappa shape index (κ1) is 17.8. The highest BCUT2D eigenvalue weighted by molar-refractivity contribution is 5.95. The van der Waals surface area contributed by atoms with Crippen LogP contribution in [0.4, 0.5) is 17.2 Å². The van der Waals surface area contributed by atoms with Crippen LogP contribution in [0.3, 0.4) is 0 Å². The van der Waals surface area contributed by atoms with E-state index in [-0.39, 0.29) is 5.91 Å². The van der Waals surface area contributed by atoms with Crippen LogP contribution >= 0.6 is 0 Å². The third-order valence-electron chi connectivity index (χ3n) is 4.72. The molecule has 0 fully saturated rings. The number of nitrogens with zero attached hydrogens (tertiary/aromatic N) is 1. The van der Waals surface area contributed by atoms with E-state index < -0.39 is 0 Å². The maximum Gasteiger partial charge on any atom is 0.228 e. The van der Waals surface area contributed by atoms with Crippen molar-refractivity contribution in [2.75, 3.05) is 10.6 Å². The molecule has 0 atom stereocenters. The van der Waals surface area contributed by atoms with Crippen molar-refractivity contribution in [3.8, 4) is 0 Å². The number of rotatable bonds is 5. The number of anilines is 3. The number of pyridine rings is 1. The lowest BCUT2D eigenvalue weighted by atomic mass is 10.1. The molecule has 0 radical (unpaired) electrons. The van der Waals surface area contributed by atoms with Gasteiger partial charge in [-0.3, -0.25) is 4.79 Å². The fourth-order valence-electron chi connectivity index (χ4n) is 3.29. The van der Waals surface area contributed by atoms with E-state index >= 15 is 0 Å². The van der Waals surface area contributed by atoms with Gasteiger partial charge in [-0.15, -0.1) is 0 Å². The lowest BCUT2D eigenvalue weighted by Gasteiger charge is -2.10. The first-order valence-electron chi connectivity index (χ1n) is 9.24. The summed E-state index contributed by atoms with van der Waals surface area (Å²) in [6.45, 7) is 4.14. The van der Waals surface area contributed by atoms with E-state index in [2.05, 4.69) is 46.6 Å². The van der Waals surface area contributed by atoms with Gasteiger partial charge in [-0.1, -0.05) is 35.9 Å². The molecule has 1 amide bonds. The lowest BCUT2D eigenvalue weighted by Crippen LogP contribution is -2.14. The molecule has 0 spiro atoms. The zero-order valence-electron chi connectivity index (χ0n) is 15.9. The molecular formula is C23H22N4O. The zero-order valence-corrected chi connectivity index (χ0v) is 15.9. The Morgan fingerprint density at radius 1 is 1.07 bits per heavy atom. The molecule has 2 heterocycles. The van der Waals surface area contributed by atoms with Gasteiger partial charge in [0.2, 0.25) is 5.91 Å². The Morgan fingerprint density at radius 2 is 1.93 bits per heavy atom. The summed E-state index contributed by atoms with van der Waals surface area (Å²) in [5.41, 5.74) is 6.11.